The van der Waals surface area contributed by atoms with E-state index in [4.69, 9.17) is 4.74 Å². The van der Waals surface area contributed by atoms with Crippen LogP contribution in [0.2, 0.25) is 0 Å². The predicted molar refractivity (Wildman–Crippen MR) is 68.3 cm³/mol. The van der Waals surface area contributed by atoms with Crippen LogP contribution < -0.4 is 5.32 Å². The molecule has 0 atom stereocenters. The lowest BCUT2D eigenvalue weighted by atomic mass is 9.89. The van der Waals surface area contributed by atoms with Crippen LogP contribution in [0.25, 0.3) is 0 Å². The SMILES string of the molecule is CCCC1(O)CN(C(=O)COC2CCNCC2)C1. The molecular formula is C13H24N2O3. The normalized spacial score (nSPS) is 23.8. The molecule has 0 bridgehead atoms. The fourth-order valence-electron chi connectivity index (χ4n) is 2.71. The molecule has 2 aliphatic heterocycles. The van der Waals surface area contributed by atoms with E-state index in [-0.39, 0.29) is 18.6 Å². The van der Waals surface area contributed by atoms with Crippen LogP contribution in [0.15, 0.2) is 0 Å². The number of aliphatic hydroxyl groups is 1. The Kier molecular flexibility index (Phi) is 4.59. The maximum Gasteiger partial charge on any atom is 0.248 e. The van der Waals surface area contributed by atoms with E-state index >= 15 is 0 Å². The number of amides is 1. The number of nitrogens with zero attached hydrogens (tertiary/aromatic N) is 1. The molecule has 0 spiro atoms. The first kappa shape index (κ1) is 13.8. The molecule has 2 fully saturated rings. The lowest BCUT2D eigenvalue weighted by Gasteiger charge is -2.46. The van der Waals surface area contributed by atoms with Crippen LogP contribution in [-0.2, 0) is 9.53 Å². The lowest BCUT2D eigenvalue weighted by molar-refractivity contribution is -0.163. The third-order valence-corrected chi connectivity index (χ3v) is 3.77. The van der Waals surface area contributed by atoms with E-state index < -0.39 is 5.60 Å². The number of hydrogen-bond acceptors (Lipinski definition) is 4. The molecule has 2 rings (SSSR count). The standard InChI is InChI=1S/C13H24N2O3/c1-2-5-13(17)9-15(10-13)12(16)8-18-11-3-6-14-7-4-11/h11,14,17H,2-10H2,1H3. The van der Waals surface area contributed by atoms with Crippen molar-refractivity contribution in [2.24, 2.45) is 0 Å². The summed E-state index contributed by atoms with van der Waals surface area (Å²) in [7, 11) is 0. The van der Waals surface area contributed by atoms with Gasteiger partial charge in [-0.3, -0.25) is 4.79 Å². The van der Waals surface area contributed by atoms with Gasteiger partial charge in [0.15, 0.2) is 0 Å². The van der Waals surface area contributed by atoms with Gasteiger partial charge in [0.1, 0.15) is 6.61 Å². The highest BCUT2D eigenvalue weighted by atomic mass is 16.5. The maximum atomic E-state index is 11.8. The molecule has 0 aromatic rings. The van der Waals surface area contributed by atoms with Gasteiger partial charge in [0.2, 0.25) is 5.91 Å². The molecule has 5 nitrogen and oxygen atoms in total. The molecular weight excluding hydrogens is 232 g/mol. The zero-order chi connectivity index (χ0) is 13.0. The average Bonchev–Trinajstić information content (AvgIpc) is 2.34. The third-order valence-electron chi connectivity index (χ3n) is 3.77. The first-order chi connectivity index (χ1) is 8.63. The Morgan fingerprint density at radius 1 is 1.44 bits per heavy atom. The monoisotopic (exact) mass is 256 g/mol. The van der Waals surface area contributed by atoms with Crippen molar-refractivity contribution >= 4 is 5.91 Å². The number of ether oxygens (including phenoxy) is 1. The number of carbonyl (C=O) groups excluding carboxylic acids is 1. The Bertz CT molecular complexity index is 284. The number of rotatable bonds is 5. The quantitative estimate of drug-likeness (QED) is 0.734. The predicted octanol–water partition coefficient (Wildman–Crippen LogP) is 0.128. The van der Waals surface area contributed by atoms with Crippen molar-refractivity contribution in [3.63, 3.8) is 0 Å². The first-order valence-corrected chi connectivity index (χ1v) is 6.95. The van der Waals surface area contributed by atoms with Gasteiger partial charge in [-0.05, 0) is 32.4 Å². The van der Waals surface area contributed by atoms with E-state index in [0.29, 0.717) is 13.1 Å². The lowest BCUT2D eigenvalue weighted by Crippen LogP contribution is -2.64. The van der Waals surface area contributed by atoms with Gasteiger partial charge in [-0.25, -0.2) is 0 Å². The zero-order valence-electron chi connectivity index (χ0n) is 11.2. The second-order valence-electron chi connectivity index (χ2n) is 5.48. The average molecular weight is 256 g/mol. The van der Waals surface area contributed by atoms with Crippen LogP contribution in [0.4, 0.5) is 0 Å². The molecule has 0 unspecified atom stereocenters. The van der Waals surface area contributed by atoms with Crippen molar-refractivity contribution in [2.45, 2.75) is 44.3 Å². The Labute approximate surface area is 108 Å². The number of likely N-dealkylation sites (tertiary alicyclic amines) is 1. The molecule has 2 saturated heterocycles. The second kappa shape index (κ2) is 5.99. The van der Waals surface area contributed by atoms with Gasteiger partial charge in [-0.2, -0.15) is 0 Å². The largest absolute Gasteiger partial charge is 0.386 e. The number of hydrogen-bond donors (Lipinski definition) is 2. The van der Waals surface area contributed by atoms with Gasteiger partial charge in [-0.1, -0.05) is 13.3 Å². The van der Waals surface area contributed by atoms with E-state index in [1.807, 2.05) is 6.92 Å². The molecule has 5 heteroatoms. The summed E-state index contributed by atoms with van der Waals surface area (Å²) in [4.78, 5) is 13.5. The van der Waals surface area contributed by atoms with E-state index in [2.05, 4.69) is 5.32 Å². The Morgan fingerprint density at radius 2 is 2.11 bits per heavy atom. The van der Waals surface area contributed by atoms with Crippen molar-refractivity contribution in [3.8, 4) is 0 Å². The molecule has 18 heavy (non-hydrogen) atoms. The van der Waals surface area contributed by atoms with Gasteiger partial charge >= 0.3 is 0 Å². The van der Waals surface area contributed by atoms with Crippen molar-refractivity contribution < 1.29 is 14.6 Å². The fraction of sp³-hybridized carbons (Fsp3) is 0.923. The Balaban J connectivity index is 1.64. The van der Waals surface area contributed by atoms with Crippen molar-refractivity contribution in [3.05, 3.63) is 0 Å². The summed E-state index contributed by atoms with van der Waals surface area (Å²) in [5, 5.41) is 13.3. The Morgan fingerprint density at radius 3 is 2.72 bits per heavy atom. The minimum absolute atomic E-state index is 0.00862. The molecule has 0 saturated carbocycles. The highest BCUT2D eigenvalue weighted by Gasteiger charge is 2.42. The van der Waals surface area contributed by atoms with Gasteiger partial charge in [0.05, 0.1) is 24.8 Å². The first-order valence-electron chi connectivity index (χ1n) is 6.95. The summed E-state index contributed by atoms with van der Waals surface area (Å²) >= 11 is 0. The zero-order valence-corrected chi connectivity index (χ0v) is 11.2. The van der Waals surface area contributed by atoms with Gasteiger partial charge in [-0.15, -0.1) is 0 Å². The van der Waals surface area contributed by atoms with Gasteiger partial charge in [0, 0.05) is 0 Å². The number of β-amino-alcohol motifs (C(OH)–C–C–N with tert-alkyl or cyclic N) is 1. The van der Waals surface area contributed by atoms with Crippen LogP contribution in [-0.4, -0.2) is 60.4 Å². The summed E-state index contributed by atoms with van der Waals surface area (Å²) in [6.07, 6.45) is 3.89. The highest BCUT2D eigenvalue weighted by molar-refractivity contribution is 5.78. The molecule has 1 amide bonds. The summed E-state index contributed by atoms with van der Waals surface area (Å²) in [5.41, 5.74) is -0.640. The molecule has 2 aliphatic rings. The van der Waals surface area contributed by atoms with Crippen LogP contribution >= 0.6 is 0 Å². The van der Waals surface area contributed by atoms with E-state index in [9.17, 15) is 9.90 Å². The van der Waals surface area contributed by atoms with Crippen LogP contribution in [0, 0.1) is 0 Å². The van der Waals surface area contributed by atoms with Crippen molar-refractivity contribution in [1.82, 2.24) is 10.2 Å². The highest BCUT2D eigenvalue weighted by Crippen LogP contribution is 2.25. The second-order valence-corrected chi connectivity index (χ2v) is 5.48. The van der Waals surface area contributed by atoms with Crippen molar-refractivity contribution in [1.29, 1.82) is 0 Å². The van der Waals surface area contributed by atoms with E-state index in [0.717, 1.165) is 38.8 Å². The van der Waals surface area contributed by atoms with Crippen LogP contribution in [0.3, 0.4) is 0 Å². The van der Waals surface area contributed by atoms with E-state index in [1.165, 1.54) is 0 Å². The molecule has 0 aliphatic carbocycles. The molecule has 0 aromatic heterocycles. The van der Waals surface area contributed by atoms with Gasteiger partial charge in [0.25, 0.3) is 0 Å². The minimum Gasteiger partial charge on any atom is -0.386 e. The minimum atomic E-state index is -0.640. The number of carbonyl (C=O) groups is 1. The molecule has 0 aromatic carbocycles. The molecule has 104 valence electrons. The van der Waals surface area contributed by atoms with Crippen LogP contribution in [0.1, 0.15) is 32.6 Å². The Hall–Kier alpha value is -0.650. The third kappa shape index (κ3) is 3.43. The van der Waals surface area contributed by atoms with Crippen LogP contribution in [0.5, 0.6) is 0 Å². The van der Waals surface area contributed by atoms with Gasteiger partial charge < -0.3 is 20.1 Å². The topological polar surface area (TPSA) is 61.8 Å². The molecule has 2 heterocycles. The summed E-state index contributed by atoms with van der Waals surface area (Å²) in [6.45, 7) is 5.08. The van der Waals surface area contributed by atoms with Crippen molar-refractivity contribution in [2.75, 3.05) is 32.8 Å². The number of nitrogens with one attached hydrogen (secondary N) is 1. The smallest absolute Gasteiger partial charge is 0.248 e. The molecule has 2 N–H and O–H groups in total. The summed E-state index contributed by atoms with van der Waals surface area (Å²) in [5.74, 6) is 0.00862. The fourth-order valence-corrected chi connectivity index (χ4v) is 2.71. The van der Waals surface area contributed by atoms with E-state index in [1.54, 1.807) is 4.90 Å². The molecule has 0 radical (unpaired) electrons. The number of piperidine rings is 1. The summed E-state index contributed by atoms with van der Waals surface area (Å²) in [6, 6.07) is 0. The maximum absolute atomic E-state index is 11.8. The summed E-state index contributed by atoms with van der Waals surface area (Å²) < 4.78 is 5.62.